The molecule has 0 bridgehead atoms. The van der Waals surface area contributed by atoms with Gasteiger partial charge in [-0.2, -0.15) is 13.2 Å². The molecule has 4 N–H and O–H groups in total. The Labute approximate surface area is 125 Å². The van der Waals surface area contributed by atoms with Crippen molar-refractivity contribution in [3.05, 3.63) is 35.4 Å². The molecule has 0 saturated heterocycles. The average Bonchev–Trinajstić information content (AvgIpc) is 2.42. The predicted octanol–water partition coefficient (Wildman–Crippen LogP) is 1.36. The quantitative estimate of drug-likeness (QED) is 0.765. The van der Waals surface area contributed by atoms with Crippen LogP contribution in [-0.2, 0) is 15.8 Å². The van der Waals surface area contributed by atoms with Crippen LogP contribution >= 0.6 is 0 Å². The number of nitrogens with two attached hydrogens (primary N) is 1. The first kappa shape index (κ1) is 18.0. The number of rotatable bonds is 5. The van der Waals surface area contributed by atoms with Crippen LogP contribution in [0.5, 0.6) is 0 Å². The number of primary amides is 1. The average molecular weight is 318 g/mol. The van der Waals surface area contributed by atoms with Gasteiger partial charge in [0.1, 0.15) is 6.04 Å². The van der Waals surface area contributed by atoms with Crippen molar-refractivity contribution in [2.45, 2.75) is 32.2 Å². The molecule has 8 heteroatoms. The van der Waals surface area contributed by atoms with E-state index in [2.05, 4.69) is 5.32 Å². The van der Waals surface area contributed by atoms with Gasteiger partial charge in [0.05, 0.1) is 5.56 Å². The van der Waals surface area contributed by atoms with Crippen LogP contribution < -0.4 is 11.1 Å². The maximum absolute atomic E-state index is 12.4. The Bertz CT molecular complexity index is 541. The second-order valence-corrected chi connectivity index (χ2v) is 5.15. The highest BCUT2D eigenvalue weighted by molar-refractivity contribution is 5.89. The van der Waals surface area contributed by atoms with Crippen LogP contribution in [0.1, 0.15) is 31.1 Å². The second kappa shape index (κ2) is 6.78. The molecule has 0 aromatic heterocycles. The number of halogens is 3. The highest BCUT2D eigenvalue weighted by Crippen LogP contribution is 2.29. The van der Waals surface area contributed by atoms with Gasteiger partial charge in [-0.1, -0.05) is 26.0 Å². The lowest BCUT2D eigenvalue weighted by Crippen LogP contribution is -2.49. The largest absolute Gasteiger partial charge is 0.416 e. The van der Waals surface area contributed by atoms with Crippen molar-refractivity contribution in [3.8, 4) is 0 Å². The molecule has 22 heavy (non-hydrogen) atoms. The fourth-order valence-corrected chi connectivity index (χ4v) is 1.80. The maximum Gasteiger partial charge on any atom is 0.416 e. The van der Waals surface area contributed by atoms with Crippen molar-refractivity contribution < 1.29 is 27.9 Å². The fraction of sp³-hybridized carbons (Fsp3) is 0.429. The SMILES string of the molecule is CC(C)[C@H](NC(=O)[C@@H](O)c1ccc(C(F)(F)F)cc1)C(N)=O. The molecule has 5 nitrogen and oxygen atoms in total. The number of carbonyl (C=O) groups excluding carboxylic acids is 2. The second-order valence-electron chi connectivity index (χ2n) is 5.15. The van der Waals surface area contributed by atoms with E-state index in [4.69, 9.17) is 5.73 Å². The minimum Gasteiger partial charge on any atom is -0.378 e. The van der Waals surface area contributed by atoms with E-state index < -0.39 is 35.7 Å². The molecule has 0 aliphatic carbocycles. The van der Waals surface area contributed by atoms with Gasteiger partial charge in [-0.15, -0.1) is 0 Å². The molecule has 0 saturated carbocycles. The molecule has 0 unspecified atom stereocenters. The van der Waals surface area contributed by atoms with E-state index in [0.717, 1.165) is 24.3 Å². The molecule has 2 amide bonds. The molecule has 0 aliphatic rings. The Morgan fingerprint density at radius 1 is 1.18 bits per heavy atom. The van der Waals surface area contributed by atoms with Crippen molar-refractivity contribution >= 4 is 11.8 Å². The smallest absolute Gasteiger partial charge is 0.378 e. The minimum absolute atomic E-state index is 0.0162. The Morgan fingerprint density at radius 2 is 1.68 bits per heavy atom. The first-order valence-corrected chi connectivity index (χ1v) is 6.49. The zero-order valence-corrected chi connectivity index (χ0v) is 12.0. The molecule has 0 fully saturated rings. The van der Waals surface area contributed by atoms with E-state index in [1.807, 2.05) is 0 Å². The van der Waals surface area contributed by atoms with Crippen molar-refractivity contribution in [3.63, 3.8) is 0 Å². The normalized spacial score (nSPS) is 14.5. The van der Waals surface area contributed by atoms with E-state index in [1.165, 1.54) is 0 Å². The van der Waals surface area contributed by atoms with Crippen molar-refractivity contribution in [1.82, 2.24) is 5.32 Å². The molecule has 0 heterocycles. The number of alkyl halides is 3. The minimum atomic E-state index is -4.50. The van der Waals surface area contributed by atoms with Crippen LogP contribution in [0.4, 0.5) is 13.2 Å². The van der Waals surface area contributed by atoms with Crippen LogP contribution in [0, 0.1) is 5.92 Å². The van der Waals surface area contributed by atoms with Gasteiger partial charge in [0.25, 0.3) is 5.91 Å². The van der Waals surface area contributed by atoms with E-state index >= 15 is 0 Å². The molecule has 1 aromatic rings. The molecule has 1 rings (SSSR count). The van der Waals surface area contributed by atoms with Crippen LogP contribution in [-0.4, -0.2) is 23.0 Å². The zero-order chi connectivity index (χ0) is 17.1. The van der Waals surface area contributed by atoms with Crippen LogP contribution in [0.15, 0.2) is 24.3 Å². The summed E-state index contributed by atoms with van der Waals surface area (Å²) in [5.41, 5.74) is 4.23. The van der Waals surface area contributed by atoms with Crippen LogP contribution in [0.2, 0.25) is 0 Å². The van der Waals surface area contributed by atoms with Crippen LogP contribution in [0.3, 0.4) is 0 Å². The molecule has 2 atom stereocenters. The van der Waals surface area contributed by atoms with Gasteiger partial charge in [0.2, 0.25) is 5.91 Å². The summed E-state index contributed by atoms with van der Waals surface area (Å²) in [6.45, 7) is 3.31. The number of hydrogen-bond acceptors (Lipinski definition) is 3. The first-order chi connectivity index (χ1) is 10.0. The number of carbonyl (C=O) groups is 2. The monoisotopic (exact) mass is 318 g/mol. The molecule has 0 radical (unpaired) electrons. The number of amides is 2. The summed E-state index contributed by atoms with van der Waals surface area (Å²) >= 11 is 0. The van der Waals surface area contributed by atoms with Crippen molar-refractivity contribution in [2.75, 3.05) is 0 Å². The standard InChI is InChI=1S/C14H17F3N2O3/c1-7(2)10(12(18)21)19-13(22)11(20)8-3-5-9(6-4-8)14(15,16)17/h3-7,10-11,20H,1-2H3,(H2,18,21)(H,19,22)/t10-,11-/m0/s1. The summed E-state index contributed by atoms with van der Waals surface area (Å²) in [5.74, 6) is -1.96. The van der Waals surface area contributed by atoms with E-state index in [0.29, 0.717) is 0 Å². The summed E-state index contributed by atoms with van der Waals surface area (Å²) in [7, 11) is 0. The Kier molecular flexibility index (Phi) is 5.54. The molecular formula is C14H17F3N2O3. The molecule has 0 aliphatic heterocycles. The summed E-state index contributed by atoms with van der Waals surface area (Å²) in [4.78, 5) is 23.0. The third-order valence-electron chi connectivity index (χ3n) is 3.07. The number of nitrogens with one attached hydrogen (secondary N) is 1. The van der Waals surface area contributed by atoms with Gasteiger partial charge >= 0.3 is 6.18 Å². The molecule has 122 valence electrons. The molecule has 1 aromatic carbocycles. The van der Waals surface area contributed by atoms with Crippen molar-refractivity contribution in [1.29, 1.82) is 0 Å². The summed E-state index contributed by atoms with van der Waals surface area (Å²) in [6, 6.07) is 2.56. The van der Waals surface area contributed by atoms with Gasteiger partial charge < -0.3 is 16.2 Å². The van der Waals surface area contributed by atoms with Crippen LogP contribution in [0.25, 0.3) is 0 Å². The fourth-order valence-electron chi connectivity index (χ4n) is 1.80. The molecular weight excluding hydrogens is 301 g/mol. The Balaban J connectivity index is 2.85. The van der Waals surface area contributed by atoms with Gasteiger partial charge in [0.15, 0.2) is 6.10 Å². The Hall–Kier alpha value is -2.09. The summed E-state index contributed by atoms with van der Waals surface area (Å²) in [5, 5.41) is 12.1. The first-order valence-electron chi connectivity index (χ1n) is 6.49. The summed E-state index contributed by atoms with van der Waals surface area (Å²) < 4.78 is 37.3. The zero-order valence-electron chi connectivity index (χ0n) is 12.0. The third-order valence-corrected chi connectivity index (χ3v) is 3.07. The van der Waals surface area contributed by atoms with Gasteiger partial charge in [-0.25, -0.2) is 0 Å². The van der Waals surface area contributed by atoms with Gasteiger partial charge in [0, 0.05) is 0 Å². The number of aliphatic hydroxyl groups is 1. The highest BCUT2D eigenvalue weighted by Gasteiger charge is 2.31. The third kappa shape index (κ3) is 4.45. The van der Waals surface area contributed by atoms with Gasteiger partial charge in [-0.3, -0.25) is 9.59 Å². The highest BCUT2D eigenvalue weighted by atomic mass is 19.4. The number of benzene rings is 1. The predicted molar refractivity (Wildman–Crippen MR) is 72.4 cm³/mol. The molecule has 0 spiro atoms. The lowest BCUT2D eigenvalue weighted by Gasteiger charge is -2.21. The van der Waals surface area contributed by atoms with E-state index in [1.54, 1.807) is 13.8 Å². The van der Waals surface area contributed by atoms with E-state index in [9.17, 15) is 27.9 Å². The lowest BCUT2D eigenvalue weighted by molar-refractivity contribution is -0.137. The van der Waals surface area contributed by atoms with Crippen molar-refractivity contribution in [2.24, 2.45) is 11.7 Å². The number of hydrogen-bond donors (Lipinski definition) is 3. The number of aliphatic hydroxyl groups excluding tert-OH is 1. The van der Waals surface area contributed by atoms with Gasteiger partial charge in [-0.05, 0) is 23.6 Å². The Morgan fingerprint density at radius 3 is 2.05 bits per heavy atom. The topological polar surface area (TPSA) is 92.4 Å². The van der Waals surface area contributed by atoms with E-state index in [-0.39, 0.29) is 11.5 Å². The summed E-state index contributed by atoms with van der Waals surface area (Å²) in [6.07, 6.45) is -6.19. The lowest BCUT2D eigenvalue weighted by atomic mass is 10.0. The maximum atomic E-state index is 12.4.